The highest BCUT2D eigenvalue weighted by atomic mass is 16.5. The summed E-state index contributed by atoms with van der Waals surface area (Å²) in [6.07, 6.45) is 0. The predicted molar refractivity (Wildman–Crippen MR) is 83.0 cm³/mol. The lowest BCUT2D eigenvalue weighted by Gasteiger charge is -2.29. The van der Waals surface area contributed by atoms with Gasteiger partial charge in [0.25, 0.3) is 0 Å². The van der Waals surface area contributed by atoms with Gasteiger partial charge in [0.2, 0.25) is 5.88 Å². The van der Waals surface area contributed by atoms with Gasteiger partial charge in [-0.2, -0.15) is 4.98 Å². The molecule has 0 radical (unpaired) electrons. The summed E-state index contributed by atoms with van der Waals surface area (Å²) in [7, 11) is 1.61. The highest BCUT2D eigenvalue weighted by Crippen LogP contribution is 2.27. The van der Waals surface area contributed by atoms with Crippen LogP contribution in [0.5, 0.6) is 5.88 Å². The van der Waals surface area contributed by atoms with Crippen LogP contribution in [0.1, 0.15) is 19.4 Å². The summed E-state index contributed by atoms with van der Waals surface area (Å²) in [5.74, 6) is 1.34. The van der Waals surface area contributed by atoms with Gasteiger partial charge in [-0.15, -0.1) is 0 Å². The van der Waals surface area contributed by atoms with E-state index < -0.39 is 0 Å². The molecule has 1 aromatic heterocycles. The highest BCUT2D eigenvalue weighted by molar-refractivity contribution is 5.64. The summed E-state index contributed by atoms with van der Waals surface area (Å²) in [5.41, 5.74) is 7.97. The van der Waals surface area contributed by atoms with Crippen LogP contribution in [0.2, 0.25) is 0 Å². The summed E-state index contributed by atoms with van der Waals surface area (Å²) < 4.78 is 5.20. The largest absolute Gasteiger partial charge is 0.481 e. The lowest BCUT2D eigenvalue weighted by atomic mass is 10.2. The third kappa shape index (κ3) is 3.20. The van der Waals surface area contributed by atoms with E-state index in [-0.39, 0.29) is 6.04 Å². The number of rotatable bonds is 5. The number of nitrogen functional groups attached to an aromatic ring is 1. The smallest absolute Gasteiger partial charge is 0.215 e. The SMILES string of the molecule is COc1ccc(N)c(N(Cc2ccccc2)C(C)C)n1. The number of methoxy groups -OCH3 is 1. The van der Waals surface area contributed by atoms with E-state index in [1.54, 1.807) is 13.2 Å². The lowest BCUT2D eigenvalue weighted by molar-refractivity contribution is 0.397. The Morgan fingerprint density at radius 1 is 1.15 bits per heavy atom. The second-order valence-electron chi connectivity index (χ2n) is 4.97. The van der Waals surface area contributed by atoms with E-state index in [1.807, 2.05) is 24.3 Å². The van der Waals surface area contributed by atoms with E-state index >= 15 is 0 Å². The fraction of sp³-hybridized carbons (Fsp3) is 0.312. The van der Waals surface area contributed by atoms with E-state index in [0.29, 0.717) is 11.6 Å². The maximum atomic E-state index is 6.08. The highest BCUT2D eigenvalue weighted by Gasteiger charge is 2.16. The molecule has 0 unspecified atom stereocenters. The summed E-state index contributed by atoms with van der Waals surface area (Å²) in [4.78, 5) is 6.66. The molecular weight excluding hydrogens is 250 g/mol. The van der Waals surface area contributed by atoms with Crippen LogP contribution in [0.25, 0.3) is 0 Å². The van der Waals surface area contributed by atoms with Gasteiger partial charge in [0, 0.05) is 18.7 Å². The van der Waals surface area contributed by atoms with Gasteiger partial charge in [-0.1, -0.05) is 30.3 Å². The molecule has 2 aromatic rings. The third-order valence-electron chi connectivity index (χ3n) is 3.18. The lowest BCUT2D eigenvalue weighted by Crippen LogP contribution is -2.31. The zero-order valence-electron chi connectivity index (χ0n) is 12.2. The summed E-state index contributed by atoms with van der Waals surface area (Å²) in [6, 6.07) is 14.2. The van der Waals surface area contributed by atoms with Crippen LogP contribution in [0.3, 0.4) is 0 Å². The Morgan fingerprint density at radius 2 is 1.85 bits per heavy atom. The fourth-order valence-electron chi connectivity index (χ4n) is 2.07. The average Bonchev–Trinajstić information content (AvgIpc) is 2.46. The Kier molecular flexibility index (Phi) is 4.45. The monoisotopic (exact) mass is 271 g/mol. The topological polar surface area (TPSA) is 51.4 Å². The number of hydrogen-bond acceptors (Lipinski definition) is 4. The Morgan fingerprint density at radius 3 is 2.45 bits per heavy atom. The second-order valence-corrected chi connectivity index (χ2v) is 4.97. The van der Waals surface area contributed by atoms with Crippen molar-refractivity contribution in [3.8, 4) is 5.88 Å². The second kappa shape index (κ2) is 6.28. The number of pyridine rings is 1. The van der Waals surface area contributed by atoms with Crippen LogP contribution in [0, 0.1) is 0 Å². The number of aromatic nitrogens is 1. The standard InChI is InChI=1S/C16H21N3O/c1-12(2)19(11-13-7-5-4-6-8-13)16-14(17)9-10-15(18-16)20-3/h4-10,12H,11,17H2,1-3H3. The third-order valence-corrected chi connectivity index (χ3v) is 3.18. The van der Waals surface area contributed by atoms with E-state index in [2.05, 4.69) is 35.9 Å². The fourth-order valence-corrected chi connectivity index (χ4v) is 2.07. The number of ether oxygens (including phenoxy) is 1. The van der Waals surface area contributed by atoms with Gasteiger partial charge >= 0.3 is 0 Å². The first-order valence-electron chi connectivity index (χ1n) is 6.73. The molecule has 0 bridgehead atoms. The minimum absolute atomic E-state index is 0.289. The Bertz CT molecular complexity index is 555. The predicted octanol–water partition coefficient (Wildman–Crippen LogP) is 3.09. The van der Waals surface area contributed by atoms with Gasteiger partial charge in [-0.3, -0.25) is 0 Å². The molecule has 2 rings (SSSR count). The molecule has 1 heterocycles. The Labute approximate surface area is 120 Å². The molecular formula is C16H21N3O. The van der Waals surface area contributed by atoms with Crippen molar-refractivity contribution in [3.05, 3.63) is 48.0 Å². The maximum absolute atomic E-state index is 6.08. The Balaban J connectivity index is 2.33. The molecule has 0 amide bonds. The molecule has 0 aliphatic rings. The zero-order valence-corrected chi connectivity index (χ0v) is 12.2. The maximum Gasteiger partial charge on any atom is 0.215 e. The summed E-state index contributed by atoms with van der Waals surface area (Å²) in [6.45, 7) is 5.02. The van der Waals surface area contributed by atoms with Crippen molar-refractivity contribution in [3.63, 3.8) is 0 Å². The number of anilines is 2. The molecule has 20 heavy (non-hydrogen) atoms. The Hall–Kier alpha value is -2.23. The van der Waals surface area contributed by atoms with Crippen LogP contribution in [0.15, 0.2) is 42.5 Å². The molecule has 4 heteroatoms. The van der Waals surface area contributed by atoms with E-state index in [9.17, 15) is 0 Å². The van der Waals surface area contributed by atoms with Crippen LogP contribution < -0.4 is 15.4 Å². The van der Waals surface area contributed by atoms with Gasteiger partial charge in [0.15, 0.2) is 5.82 Å². The van der Waals surface area contributed by atoms with Gasteiger partial charge in [-0.25, -0.2) is 0 Å². The van der Waals surface area contributed by atoms with Crippen molar-refractivity contribution in [1.29, 1.82) is 0 Å². The quantitative estimate of drug-likeness (QED) is 0.908. The molecule has 4 nitrogen and oxygen atoms in total. The van der Waals surface area contributed by atoms with Crippen molar-refractivity contribution < 1.29 is 4.74 Å². The van der Waals surface area contributed by atoms with E-state index in [1.165, 1.54) is 5.56 Å². The first-order chi connectivity index (χ1) is 9.61. The minimum atomic E-state index is 0.289. The van der Waals surface area contributed by atoms with Crippen molar-refractivity contribution in [2.24, 2.45) is 0 Å². The number of benzene rings is 1. The van der Waals surface area contributed by atoms with Crippen molar-refractivity contribution in [1.82, 2.24) is 4.98 Å². The van der Waals surface area contributed by atoms with Gasteiger partial charge in [0.1, 0.15) is 0 Å². The van der Waals surface area contributed by atoms with Crippen LogP contribution in [-0.2, 0) is 6.54 Å². The van der Waals surface area contributed by atoms with Crippen molar-refractivity contribution in [2.75, 3.05) is 17.7 Å². The zero-order chi connectivity index (χ0) is 14.5. The van der Waals surface area contributed by atoms with Gasteiger partial charge in [0.05, 0.1) is 12.8 Å². The molecule has 0 aliphatic carbocycles. The first kappa shape index (κ1) is 14.2. The van der Waals surface area contributed by atoms with Crippen LogP contribution in [-0.4, -0.2) is 18.1 Å². The molecule has 2 N–H and O–H groups in total. The molecule has 0 fully saturated rings. The molecule has 0 spiro atoms. The molecule has 0 saturated carbocycles. The van der Waals surface area contributed by atoms with Gasteiger partial charge in [-0.05, 0) is 25.5 Å². The molecule has 0 aliphatic heterocycles. The van der Waals surface area contributed by atoms with Crippen LogP contribution >= 0.6 is 0 Å². The van der Waals surface area contributed by atoms with Crippen LogP contribution in [0.4, 0.5) is 11.5 Å². The molecule has 1 aromatic carbocycles. The van der Waals surface area contributed by atoms with E-state index in [4.69, 9.17) is 10.5 Å². The summed E-state index contributed by atoms with van der Waals surface area (Å²) in [5, 5.41) is 0. The van der Waals surface area contributed by atoms with E-state index in [0.717, 1.165) is 12.4 Å². The molecule has 0 saturated heterocycles. The molecule has 106 valence electrons. The average molecular weight is 271 g/mol. The van der Waals surface area contributed by atoms with Crippen molar-refractivity contribution in [2.45, 2.75) is 26.4 Å². The number of hydrogen-bond donors (Lipinski definition) is 1. The normalized spacial score (nSPS) is 10.6. The molecule has 0 atom stereocenters. The number of nitrogens with zero attached hydrogens (tertiary/aromatic N) is 2. The minimum Gasteiger partial charge on any atom is -0.481 e. The van der Waals surface area contributed by atoms with Gasteiger partial charge < -0.3 is 15.4 Å². The summed E-state index contributed by atoms with van der Waals surface area (Å²) >= 11 is 0. The number of nitrogens with two attached hydrogens (primary N) is 1. The first-order valence-corrected chi connectivity index (χ1v) is 6.73. The van der Waals surface area contributed by atoms with Crippen molar-refractivity contribution >= 4 is 11.5 Å².